The zero-order chi connectivity index (χ0) is 18.4. The van der Waals surface area contributed by atoms with E-state index in [2.05, 4.69) is 50.1 Å². The SMILES string of the molecule is CCOC(CCCCOP(OCCC#N)N(C(C)C)C(C)C)SS. The van der Waals surface area contributed by atoms with Crippen LogP contribution in [0.25, 0.3) is 0 Å². The van der Waals surface area contributed by atoms with Crippen LogP contribution in [0.4, 0.5) is 0 Å². The molecular weight excluding hydrogens is 363 g/mol. The van der Waals surface area contributed by atoms with Gasteiger partial charge in [-0.1, -0.05) is 10.8 Å². The highest BCUT2D eigenvalue weighted by atomic mass is 33.1. The molecule has 0 saturated carbocycles. The van der Waals surface area contributed by atoms with Crippen LogP contribution in [-0.4, -0.2) is 42.0 Å². The Morgan fingerprint density at radius 2 is 1.75 bits per heavy atom. The van der Waals surface area contributed by atoms with Gasteiger partial charge in [-0.3, -0.25) is 0 Å². The van der Waals surface area contributed by atoms with E-state index >= 15 is 0 Å². The Bertz CT molecular complexity index is 336. The molecule has 0 aromatic carbocycles. The molecule has 2 atom stereocenters. The molecule has 142 valence electrons. The molecular formula is C16H33N2O3PS2. The minimum Gasteiger partial charge on any atom is -0.367 e. The maximum absolute atomic E-state index is 8.70. The Morgan fingerprint density at radius 3 is 2.25 bits per heavy atom. The standard InChI is InChI=1S/C16H33N2O3PS2/c1-6-19-16(24-23)10-7-8-12-20-22(21-13-9-11-17)18(14(2)3)15(4)5/h14-16,23H,6-10,12-13H2,1-5H3. The number of nitriles is 1. The van der Waals surface area contributed by atoms with Crippen molar-refractivity contribution in [3.05, 3.63) is 0 Å². The van der Waals surface area contributed by atoms with E-state index in [-0.39, 0.29) is 5.44 Å². The quantitative estimate of drug-likeness (QED) is 0.132. The molecule has 0 aliphatic carbocycles. The normalized spacial score (nSPS) is 14.3. The summed E-state index contributed by atoms with van der Waals surface area (Å²) in [7, 11) is 0.331. The molecule has 0 aliphatic rings. The maximum Gasteiger partial charge on any atom is 0.259 e. The van der Waals surface area contributed by atoms with Crippen LogP contribution >= 0.6 is 31.0 Å². The highest BCUT2D eigenvalue weighted by Crippen LogP contribution is 2.46. The van der Waals surface area contributed by atoms with Crippen molar-refractivity contribution in [2.75, 3.05) is 19.8 Å². The number of unbranched alkanes of at least 4 members (excludes halogenated alkanes) is 1. The molecule has 8 heteroatoms. The van der Waals surface area contributed by atoms with E-state index in [0.29, 0.717) is 38.3 Å². The molecule has 0 N–H and O–H groups in total. The van der Waals surface area contributed by atoms with E-state index in [1.807, 2.05) is 6.92 Å². The van der Waals surface area contributed by atoms with Gasteiger partial charge in [0.15, 0.2) is 0 Å². The second-order valence-electron chi connectivity index (χ2n) is 5.87. The largest absolute Gasteiger partial charge is 0.367 e. The fraction of sp³-hybridized carbons (Fsp3) is 0.938. The first-order valence-electron chi connectivity index (χ1n) is 8.60. The van der Waals surface area contributed by atoms with Crippen LogP contribution in [0.3, 0.4) is 0 Å². The average molecular weight is 397 g/mol. The number of ether oxygens (including phenoxy) is 1. The number of hydrogen-bond acceptors (Lipinski definition) is 7. The molecule has 0 spiro atoms. The molecule has 0 radical (unpaired) electrons. The van der Waals surface area contributed by atoms with Gasteiger partial charge in [0.1, 0.15) is 5.44 Å². The number of hydrogen-bond donors (Lipinski definition) is 1. The van der Waals surface area contributed by atoms with Gasteiger partial charge in [0, 0.05) is 18.7 Å². The van der Waals surface area contributed by atoms with Gasteiger partial charge in [0.05, 0.1) is 25.7 Å². The molecule has 0 bridgehead atoms. The van der Waals surface area contributed by atoms with Gasteiger partial charge in [-0.15, -0.1) is 11.7 Å². The Labute approximate surface area is 158 Å². The van der Waals surface area contributed by atoms with Crippen LogP contribution < -0.4 is 0 Å². The summed E-state index contributed by atoms with van der Waals surface area (Å²) < 4.78 is 19.7. The van der Waals surface area contributed by atoms with Crippen molar-refractivity contribution < 1.29 is 13.8 Å². The number of nitrogens with zero attached hydrogens (tertiary/aromatic N) is 2. The molecule has 0 heterocycles. The number of rotatable bonds is 15. The lowest BCUT2D eigenvalue weighted by molar-refractivity contribution is 0.116. The van der Waals surface area contributed by atoms with Crippen LogP contribution in [-0.2, 0) is 13.8 Å². The van der Waals surface area contributed by atoms with Gasteiger partial charge in [0.2, 0.25) is 0 Å². The first-order valence-corrected chi connectivity index (χ1v) is 11.7. The molecule has 0 saturated heterocycles. The topological polar surface area (TPSA) is 54.7 Å². The van der Waals surface area contributed by atoms with Gasteiger partial charge in [0.25, 0.3) is 8.53 Å². The summed E-state index contributed by atoms with van der Waals surface area (Å²) in [6.07, 6.45) is 3.35. The zero-order valence-electron chi connectivity index (χ0n) is 15.6. The van der Waals surface area contributed by atoms with E-state index < -0.39 is 8.53 Å². The minimum absolute atomic E-state index is 0.148. The van der Waals surface area contributed by atoms with E-state index in [9.17, 15) is 0 Å². The summed E-state index contributed by atoms with van der Waals surface area (Å²) in [5.41, 5.74) is 0.148. The van der Waals surface area contributed by atoms with E-state index in [1.165, 1.54) is 10.8 Å². The van der Waals surface area contributed by atoms with Gasteiger partial charge < -0.3 is 13.8 Å². The molecule has 0 aromatic rings. The lowest BCUT2D eigenvalue weighted by atomic mass is 10.2. The Morgan fingerprint density at radius 1 is 1.12 bits per heavy atom. The monoisotopic (exact) mass is 396 g/mol. The third-order valence-electron chi connectivity index (χ3n) is 3.17. The van der Waals surface area contributed by atoms with Crippen molar-refractivity contribution in [2.24, 2.45) is 0 Å². The smallest absolute Gasteiger partial charge is 0.259 e. The predicted octanol–water partition coefficient (Wildman–Crippen LogP) is 5.39. The summed E-state index contributed by atoms with van der Waals surface area (Å²) >= 11 is 4.24. The van der Waals surface area contributed by atoms with Crippen LogP contribution in [0, 0.1) is 11.3 Å². The van der Waals surface area contributed by atoms with E-state index in [4.69, 9.17) is 19.0 Å². The van der Waals surface area contributed by atoms with Crippen LogP contribution in [0.1, 0.15) is 60.3 Å². The fourth-order valence-corrected chi connectivity index (χ4v) is 4.82. The summed E-state index contributed by atoms with van der Waals surface area (Å²) in [5, 5.41) is 8.70. The Hall–Kier alpha value is 0.460. The van der Waals surface area contributed by atoms with Gasteiger partial charge in [-0.2, -0.15) is 5.26 Å². The third-order valence-corrected chi connectivity index (χ3v) is 6.59. The minimum atomic E-state index is -1.13. The van der Waals surface area contributed by atoms with Crippen molar-refractivity contribution in [1.29, 1.82) is 5.26 Å². The van der Waals surface area contributed by atoms with Crippen molar-refractivity contribution in [3.8, 4) is 6.07 Å². The Kier molecular flexibility index (Phi) is 16.0. The van der Waals surface area contributed by atoms with Crippen molar-refractivity contribution in [3.63, 3.8) is 0 Å². The second-order valence-corrected chi connectivity index (χ2v) is 8.69. The molecule has 0 aromatic heterocycles. The van der Waals surface area contributed by atoms with Crippen molar-refractivity contribution >= 4 is 31.0 Å². The summed E-state index contributed by atoms with van der Waals surface area (Å²) in [6, 6.07) is 2.78. The third kappa shape index (κ3) is 11.1. The van der Waals surface area contributed by atoms with Gasteiger partial charge >= 0.3 is 0 Å². The molecule has 0 rings (SSSR count). The summed E-state index contributed by atoms with van der Waals surface area (Å²) in [4.78, 5) is 0. The molecule has 2 unspecified atom stereocenters. The van der Waals surface area contributed by atoms with Crippen molar-refractivity contribution in [1.82, 2.24) is 4.67 Å². The number of thiol groups is 1. The van der Waals surface area contributed by atoms with Gasteiger partial charge in [-0.05, 0) is 53.9 Å². The Balaban J connectivity index is 4.32. The predicted molar refractivity (Wildman–Crippen MR) is 107 cm³/mol. The van der Waals surface area contributed by atoms with E-state index in [1.54, 1.807) is 0 Å². The van der Waals surface area contributed by atoms with Crippen LogP contribution in [0.15, 0.2) is 0 Å². The molecule has 24 heavy (non-hydrogen) atoms. The van der Waals surface area contributed by atoms with Crippen LogP contribution in [0.2, 0.25) is 0 Å². The molecule has 0 aliphatic heterocycles. The lowest BCUT2D eigenvalue weighted by Gasteiger charge is -2.35. The highest BCUT2D eigenvalue weighted by molar-refractivity contribution is 8.68. The molecule has 0 fully saturated rings. The van der Waals surface area contributed by atoms with Gasteiger partial charge in [-0.25, -0.2) is 4.67 Å². The first kappa shape index (κ1) is 24.5. The van der Waals surface area contributed by atoms with Crippen LogP contribution in [0.5, 0.6) is 0 Å². The second kappa shape index (κ2) is 15.7. The van der Waals surface area contributed by atoms with E-state index in [0.717, 1.165) is 19.3 Å². The zero-order valence-corrected chi connectivity index (χ0v) is 18.2. The fourth-order valence-electron chi connectivity index (χ4n) is 2.22. The highest BCUT2D eigenvalue weighted by Gasteiger charge is 2.26. The first-order chi connectivity index (χ1) is 11.5. The lowest BCUT2D eigenvalue weighted by Crippen LogP contribution is -2.33. The summed E-state index contributed by atoms with van der Waals surface area (Å²) in [6.45, 7) is 12.4. The molecule has 0 amide bonds. The molecule has 5 nitrogen and oxygen atoms in total. The van der Waals surface area contributed by atoms with Crippen molar-refractivity contribution in [2.45, 2.75) is 77.8 Å². The average Bonchev–Trinajstić information content (AvgIpc) is 2.52. The summed E-state index contributed by atoms with van der Waals surface area (Å²) in [5.74, 6) is 0. The maximum atomic E-state index is 8.70.